The molecule has 1 aliphatic rings. The minimum Gasteiger partial charge on any atom is -0.378 e. The molecule has 1 amide bonds. The first-order chi connectivity index (χ1) is 14.1. The van der Waals surface area contributed by atoms with Gasteiger partial charge in [-0.1, -0.05) is 0 Å². The van der Waals surface area contributed by atoms with Crippen LogP contribution in [0.4, 0.5) is 8.78 Å². The molecule has 146 valence electrons. The van der Waals surface area contributed by atoms with Gasteiger partial charge in [-0.25, -0.2) is 13.8 Å². The molecule has 0 spiro atoms. The molecule has 0 unspecified atom stereocenters. The van der Waals surface area contributed by atoms with Crippen LogP contribution in [0.3, 0.4) is 0 Å². The Morgan fingerprint density at radius 1 is 0.966 bits per heavy atom. The van der Waals surface area contributed by atoms with E-state index in [4.69, 9.17) is 4.74 Å². The monoisotopic (exact) mass is 393 g/mol. The number of hydrogen-bond acceptors (Lipinski definition) is 3. The van der Waals surface area contributed by atoms with Gasteiger partial charge in [-0.2, -0.15) is 0 Å². The van der Waals surface area contributed by atoms with Crippen LogP contribution in [0.5, 0.6) is 0 Å². The lowest BCUT2D eigenvalue weighted by Gasteiger charge is -2.26. The molecule has 29 heavy (non-hydrogen) atoms. The Morgan fingerprint density at radius 2 is 1.79 bits per heavy atom. The number of carbonyl (C=O) groups excluding carboxylic acids is 1. The molecule has 3 heterocycles. The summed E-state index contributed by atoms with van der Waals surface area (Å²) in [5.41, 5.74) is 3.97. The van der Waals surface area contributed by atoms with Crippen LogP contribution in [0, 0.1) is 11.6 Å². The lowest BCUT2D eigenvalue weighted by Crippen LogP contribution is -2.40. The Kier molecular flexibility index (Phi) is 4.24. The lowest BCUT2D eigenvalue weighted by molar-refractivity contribution is 0.0303. The van der Waals surface area contributed by atoms with E-state index in [0.29, 0.717) is 48.6 Å². The van der Waals surface area contributed by atoms with Crippen LogP contribution >= 0.6 is 0 Å². The molecule has 0 atom stereocenters. The highest BCUT2D eigenvalue weighted by Crippen LogP contribution is 2.28. The van der Waals surface area contributed by atoms with E-state index in [2.05, 4.69) is 9.97 Å². The number of rotatable bonds is 2. The summed E-state index contributed by atoms with van der Waals surface area (Å²) < 4.78 is 32.1. The number of hydrogen-bond donors (Lipinski definition) is 1. The number of pyridine rings is 1. The normalized spacial score (nSPS) is 14.6. The largest absolute Gasteiger partial charge is 0.378 e. The van der Waals surface area contributed by atoms with Crippen LogP contribution in [0.1, 0.15) is 10.4 Å². The summed E-state index contributed by atoms with van der Waals surface area (Å²) in [5.74, 6) is -1.82. The fourth-order valence-electron chi connectivity index (χ4n) is 3.66. The minimum absolute atomic E-state index is 0.0238. The van der Waals surface area contributed by atoms with E-state index in [0.717, 1.165) is 28.6 Å². The van der Waals surface area contributed by atoms with Gasteiger partial charge in [-0.15, -0.1) is 0 Å². The third kappa shape index (κ3) is 3.13. The summed E-state index contributed by atoms with van der Waals surface area (Å²) in [6.45, 7) is 2.28. The number of halogens is 2. The molecule has 2 aromatic heterocycles. The zero-order chi connectivity index (χ0) is 20.0. The third-order valence-corrected chi connectivity index (χ3v) is 5.20. The van der Waals surface area contributed by atoms with Crippen LogP contribution in [-0.4, -0.2) is 47.1 Å². The molecule has 1 aliphatic heterocycles. The highest BCUT2D eigenvalue weighted by molar-refractivity contribution is 6.08. The van der Waals surface area contributed by atoms with Crippen LogP contribution in [0.25, 0.3) is 33.2 Å². The summed E-state index contributed by atoms with van der Waals surface area (Å²) in [5, 5.41) is 0.864. The Hall–Kier alpha value is -3.32. The zero-order valence-electron chi connectivity index (χ0n) is 15.4. The third-order valence-electron chi connectivity index (χ3n) is 5.20. The number of aromatic nitrogens is 2. The fraction of sp³-hybridized carbons (Fsp3) is 0.182. The molecule has 0 bridgehead atoms. The maximum Gasteiger partial charge on any atom is 0.254 e. The quantitative estimate of drug-likeness (QED) is 0.557. The average molecular weight is 393 g/mol. The summed E-state index contributed by atoms with van der Waals surface area (Å²) in [4.78, 5) is 22.4. The first-order valence-electron chi connectivity index (χ1n) is 9.35. The van der Waals surface area contributed by atoms with E-state index in [9.17, 15) is 13.6 Å². The van der Waals surface area contributed by atoms with Crippen molar-refractivity contribution in [1.82, 2.24) is 14.9 Å². The van der Waals surface area contributed by atoms with Crippen molar-refractivity contribution in [3.8, 4) is 11.3 Å². The molecule has 5 nitrogen and oxygen atoms in total. The van der Waals surface area contributed by atoms with Gasteiger partial charge < -0.3 is 14.6 Å². The van der Waals surface area contributed by atoms with Gasteiger partial charge in [0.25, 0.3) is 5.91 Å². The fourth-order valence-corrected chi connectivity index (χ4v) is 3.66. The zero-order valence-corrected chi connectivity index (χ0v) is 15.4. The van der Waals surface area contributed by atoms with E-state index in [1.54, 1.807) is 17.0 Å². The molecule has 7 heteroatoms. The van der Waals surface area contributed by atoms with Crippen molar-refractivity contribution in [3.63, 3.8) is 0 Å². The van der Waals surface area contributed by atoms with Crippen molar-refractivity contribution in [2.24, 2.45) is 0 Å². The maximum absolute atomic E-state index is 13.6. The lowest BCUT2D eigenvalue weighted by atomic mass is 10.1. The predicted octanol–water partition coefficient (Wildman–Crippen LogP) is 4.13. The Bertz CT molecular complexity index is 1250. The maximum atomic E-state index is 13.6. The van der Waals surface area contributed by atoms with Crippen LogP contribution in [0.15, 0.2) is 48.5 Å². The summed E-state index contributed by atoms with van der Waals surface area (Å²) in [6, 6.07) is 12.8. The van der Waals surface area contributed by atoms with Crippen molar-refractivity contribution in [3.05, 3.63) is 65.7 Å². The van der Waals surface area contributed by atoms with E-state index in [1.165, 1.54) is 6.07 Å². The molecule has 0 aliphatic carbocycles. The summed E-state index contributed by atoms with van der Waals surface area (Å²) >= 11 is 0. The van der Waals surface area contributed by atoms with Gasteiger partial charge in [0, 0.05) is 35.1 Å². The second-order valence-electron chi connectivity index (χ2n) is 7.01. The number of nitrogens with one attached hydrogen (secondary N) is 1. The minimum atomic E-state index is -0.908. The number of aromatic amines is 1. The highest BCUT2D eigenvalue weighted by Gasteiger charge is 2.19. The molecular weight excluding hydrogens is 376 g/mol. The van der Waals surface area contributed by atoms with Gasteiger partial charge in [0.1, 0.15) is 0 Å². The highest BCUT2D eigenvalue weighted by atomic mass is 19.2. The van der Waals surface area contributed by atoms with Gasteiger partial charge in [0.05, 0.1) is 29.9 Å². The topological polar surface area (TPSA) is 58.2 Å². The number of benzene rings is 2. The van der Waals surface area contributed by atoms with Gasteiger partial charge in [0.2, 0.25) is 0 Å². The van der Waals surface area contributed by atoms with E-state index in [-0.39, 0.29) is 5.91 Å². The standard InChI is InChI=1S/C22H17F2N3O2/c23-16-4-2-13(11-17(16)24)18-5-6-19-21(26-18)15-3-1-14(12-20(15)25-19)22(28)27-7-9-29-10-8-27/h1-6,11-12,25H,7-10H2. The summed E-state index contributed by atoms with van der Waals surface area (Å²) in [6.07, 6.45) is 0. The van der Waals surface area contributed by atoms with Crippen molar-refractivity contribution in [1.29, 1.82) is 0 Å². The van der Waals surface area contributed by atoms with Crippen LogP contribution in [0.2, 0.25) is 0 Å². The SMILES string of the molecule is O=C(c1ccc2c(c1)[nH]c1ccc(-c3ccc(F)c(F)c3)nc12)N1CCOCC1. The molecule has 1 fully saturated rings. The number of morpholine rings is 1. The van der Waals surface area contributed by atoms with Gasteiger partial charge in [0.15, 0.2) is 11.6 Å². The second-order valence-corrected chi connectivity index (χ2v) is 7.01. The molecule has 1 N–H and O–H groups in total. The van der Waals surface area contributed by atoms with Crippen LogP contribution in [-0.2, 0) is 4.74 Å². The number of carbonyl (C=O) groups is 1. The smallest absolute Gasteiger partial charge is 0.254 e. The molecule has 0 radical (unpaired) electrons. The predicted molar refractivity (Wildman–Crippen MR) is 106 cm³/mol. The number of ether oxygens (including phenoxy) is 1. The molecule has 1 saturated heterocycles. The van der Waals surface area contributed by atoms with Gasteiger partial charge in [-0.05, 0) is 48.5 Å². The first-order valence-corrected chi connectivity index (χ1v) is 9.35. The van der Waals surface area contributed by atoms with Crippen molar-refractivity contribution in [2.45, 2.75) is 0 Å². The van der Waals surface area contributed by atoms with E-state index in [1.807, 2.05) is 18.2 Å². The molecule has 2 aromatic carbocycles. The Morgan fingerprint density at radius 3 is 2.59 bits per heavy atom. The number of H-pyrrole nitrogens is 1. The Balaban J connectivity index is 1.55. The summed E-state index contributed by atoms with van der Waals surface area (Å²) in [7, 11) is 0. The first kappa shape index (κ1) is 17.8. The van der Waals surface area contributed by atoms with Crippen molar-refractivity contribution in [2.75, 3.05) is 26.3 Å². The molecular formula is C22H17F2N3O2. The number of amides is 1. The second kappa shape index (κ2) is 6.93. The van der Waals surface area contributed by atoms with Gasteiger partial charge >= 0.3 is 0 Å². The van der Waals surface area contributed by atoms with Crippen LogP contribution < -0.4 is 0 Å². The van der Waals surface area contributed by atoms with Crippen molar-refractivity contribution < 1.29 is 18.3 Å². The van der Waals surface area contributed by atoms with Crippen molar-refractivity contribution >= 4 is 27.8 Å². The average Bonchev–Trinajstić information content (AvgIpc) is 3.12. The molecule has 4 aromatic rings. The molecule has 0 saturated carbocycles. The van der Waals surface area contributed by atoms with E-state index < -0.39 is 11.6 Å². The molecule has 5 rings (SSSR count). The van der Waals surface area contributed by atoms with E-state index >= 15 is 0 Å². The number of fused-ring (bicyclic) bond motifs is 3. The Labute approximate surface area is 164 Å². The van der Waals surface area contributed by atoms with Gasteiger partial charge in [-0.3, -0.25) is 4.79 Å². The number of nitrogens with zero attached hydrogens (tertiary/aromatic N) is 2.